The van der Waals surface area contributed by atoms with Gasteiger partial charge in [0.1, 0.15) is 0 Å². The Morgan fingerprint density at radius 2 is 1.72 bits per heavy atom. The van der Waals surface area contributed by atoms with Crippen molar-refractivity contribution >= 4 is 11.8 Å². The number of halogens is 3. The maximum atomic E-state index is 12.8. The van der Waals surface area contributed by atoms with Crippen LogP contribution in [-0.2, 0) is 6.18 Å². The van der Waals surface area contributed by atoms with Gasteiger partial charge in [0.15, 0.2) is 12.1 Å². The molecule has 0 radical (unpaired) electrons. The van der Waals surface area contributed by atoms with Crippen molar-refractivity contribution in [3.63, 3.8) is 0 Å². The van der Waals surface area contributed by atoms with Gasteiger partial charge in [0, 0.05) is 19.4 Å². The fourth-order valence-electron chi connectivity index (χ4n) is 2.77. The third-order valence-electron chi connectivity index (χ3n) is 4.26. The number of aromatic nitrogens is 2. The number of nitrogens with one attached hydrogen (secondary N) is 1. The van der Waals surface area contributed by atoms with E-state index in [1.165, 1.54) is 16.8 Å². The molecule has 6 nitrogen and oxygen atoms in total. The predicted octanol–water partition coefficient (Wildman–Crippen LogP) is 3.90. The normalized spacial score (nSPS) is 12.8. The van der Waals surface area contributed by atoms with Crippen LogP contribution in [0.15, 0.2) is 59.1 Å². The molecule has 2 N–H and O–H groups in total. The average Bonchev–Trinajstić information content (AvgIpc) is 3.11. The molecular weight excluding hydrogens is 387 g/mol. The lowest BCUT2D eigenvalue weighted by Crippen LogP contribution is -2.43. The number of rotatable bonds is 5. The van der Waals surface area contributed by atoms with E-state index in [9.17, 15) is 23.1 Å². The first-order chi connectivity index (χ1) is 13.7. The number of hydrogen-bond acceptors (Lipinski definition) is 4. The van der Waals surface area contributed by atoms with E-state index < -0.39 is 23.8 Å². The maximum Gasteiger partial charge on any atom is 0.416 e. The Bertz CT molecular complexity index is 984. The zero-order valence-electron chi connectivity index (χ0n) is 15.6. The minimum absolute atomic E-state index is 0.0834. The molecule has 9 heteroatoms. The van der Waals surface area contributed by atoms with Gasteiger partial charge >= 0.3 is 17.8 Å². The third-order valence-corrected chi connectivity index (χ3v) is 4.26. The van der Waals surface area contributed by atoms with Crippen molar-refractivity contribution in [2.24, 2.45) is 0 Å². The van der Waals surface area contributed by atoms with Gasteiger partial charge in [-0.3, -0.25) is 14.6 Å². The van der Waals surface area contributed by atoms with E-state index in [-0.39, 0.29) is 23.2 Å². The smallest absolute Gasteiger partial charge is 0.377 e. The van der Waals surface area contributed by atoms with E-state index in [4.69, 9.17) is 4.52 Å². The molecule has 0 aliphatic carbocycles. The number of carbonyl (C=O) groups is 1. The predicted molar refractivity (Wildman–Crippen MR) is 97.0 cm³/mol. The SMILES string of the molecule is CC(C)[n+]1noc(NC(=O)c2ccccc2)c1C(O)c1ccc(C(F)(F)F)cc1. The van der Waals surface area contributed by atoms with E-state index in [1.54, 1.807) is 44.2 Å². The molecule has 3 aromatic rings. The summed E-state index contributed by atoms with van der Waals surface area (Å²) in [7, 11) is 0. The minimum atomic E-state index is -4.48. The Labute approximate surface area is 164 Å². The number of carbonyl (C=O) groups excluding carboxylic acids is 1. The van der Waals surface area contributed by atoms with Crippen LogP contribution < -0.4 is 10.00 Å². The number of aliphatic hydroxyl groups is 1. The molecule has 29 heavy (non-hydrogen) atoms. The molecule has 0 aliphatic rings. The largest absolute Gasteiger partial charge is 0.416 e. The van der Waals surface area contributed by atoms with Crippen LogP contribution in [0.25, 0.3) is 0 Å². The van der Waals surface area contributed by atoms with Crippen molar-refractivity contribution in [1.29, 1.82) is 0 Å². The van der Waals surface area contributed by atoms with Crippen LogP contribution in [0.3, 0.4) is 0 Å². The highest BCUT2D eigenvalue weighted by atomic mass is 19.4. The van der Waals surface area contributed by atoms with E-state index in [1.807, 2.05) is 0 Å². The van der Waals surface area contributed by atoms with Crippen molar-refractivity contribution in [3.05, 3.63) is 77.0 Å². The molecule has 0 saturated carbocycles. The summed E-state index contributed by atoms with van der Waals surface area (Å²) in [6.45, 7) is 3.57. The van der Waals surface area contributed by atoms with Crippen LogP contribution in [0.4, 0.5) is 19.1 Å². The van der Waals surface area contributed by atoms with Crippen molar-refractivity contribution in [1.82, 2.24) is 5.27 Å². The van der Waals surface area contributed by atoms with Gasteiger partial charge in [0.05, 0.1) is 5.56 Å². The second-order valence-corrected chi connectivity index (χ2v) is 6.67. The first-order valence-electron chi connectivity index (χ1n) is 8.81. The number of anilines is 1. The van der Waals surface area contributed by atoms with Crippen LogP contribution in [-0.4, -0.2) is 16.3 Å². The Kier molecular flexibility index (Phi) is 5.69. The number of hydrogen-bond donors (Lipinski definition) is 2. The molecule has 2 aromatic carbocycles. The molecule has 1 amide bonds. The summed E-state index contributed by atoms with van der Waals surface area (Å²) in [5.41, 5.74) is -0.127. The van der Waals surface area contributed by atoms with Crippen molar-refractivity contribution < 1.29 is 32.3 Å². The second-order valence-electron chi connectivity index (χ2n) is 6.67. The maximum absolute atomic E-state index is 12.8. The first-order valence-corrected chi connectivity index (χ1v) is 8.81. The zero-order valence-corrected chi connectivity index (χ0v) is 15.6. The lowest BCUT2D eigenvalue weighted by atomic mass is 10.0. The Balaban J connectivity index is 1.94. The zero-order chi connectivity index (χ0) is 21.2. The third kappa shape index (κ3) is 4.45. The summed E-state index contributed by atoms with van der Waals surface area (Å²) >= 11 is 0. The Hall–Kier alpha value is -3.20. The minimum Gasteiger partial charge on any atom is -0.377 e. The van der Waals surface area contributed by atoms with E-state index in [0.717, 1.165) is 12.1 Å². The molecule has 0 saturated heterocycles. The van der Waals surface area contributed by atoms with Crippen LogP contribution in [0.1, 0.15) is 53.2 Å². The number of aliphatic hydroxyl groups excluding tert-OH is 1. The molecule has 1 heterocycles. The lowest BCUT2D eigenvalue weighted by molar-refractivity contribution is -0.787. The van der Waals surface area contributed by atoms with Gasteiger partial charge in [0.25, 0.3) is 5.91 Å². The van der Waals surface area contributed by atoms with Gasteiger partial charge in [-0.2, -0.15) is 13.2 Å². The molecule has 152 valence electrons. The fourth-order valence-corrected chi connectivity index (χ4v) is 2.77. The number of alkyl halides is 3. The molecule has 1 unspecified atom stereocenters. The Morgan fingerprint density at radius 1 is 1.10 bits per heavy atom. The summed E-state index contributed by atoms with van der Waals surface area (Å²) in [5, 5.41) is 17.2. The van der Waals surface area contributed by atoms with Crippen molar-refractivity contribution in [2.45, 2.75) is 32.2 Å². The molecule has 0 bridgehead atoms. The highest BCUT2D eigenvalue weighted by molar-refractivity contribution is 6.03. The van der Waals surface area contributed by atoms with Crippen LogP contribution in [0.2, 0.25) is 0 Å². The first kappa shape index (κ1) is 20.5. The summed E-state index contributed by atoms with van der Waals surface area (Å²) < 4.78 is 45.0. The molecule has 3 rings (SSSR count). The van der Waals surface area contributed by atoms with Gasteiger partial charge in [0.2, 0.25) is 5.27 Å². The molecule has 0 aliphatic heterocycles. The summed E-state index contributed by atoms with van der Waals surface area (Å²) in [4.78, 5) is 12.4. The average molecular weight is 406 g/mol. The van der Waals surface area contributed by atoms with Gasteiger partial charge in [-0.1, -0.05) is 30.3 Å². The lowest BCUT2D eigenvalue weighted by Gasteiger charge is -2.11. The molecule has 1 aromatic heterocycles. The van der Waals surface area contributed by atoms with Crippen LogP contribution >= 0.6 is 0 Å². The van der Waals surface area contributed by atoms with Crippen LogP contribution in [0.5, 0.6) is 0 Å². The van der Waals surface area contributed by atoms with Gasteiger partial charge in [-0.25, -0.2) is 0 Å². The van der Waals surface area contributed by atoms with E-state index >= 15 is 0 Å². The van der Waals surface area contributed by atoms with Gasteiger partial charge in [-0.15, -0.1) is 0 Å². The fraction of sp³-hybridized carbons (Fsp3) is 0.250. The molecule has 1 atom stereocenters. The number of nitrogens with zero attached hydrogens (tertiary/aromatic N) is 2. The second kappa shape index (κ2) is 8.04. The number of benzene rings is 2. The highest BCUT2D eigenvalue weighted by Gasteiger charge is 2.36. The molecular formula is C20H19F3N3O3+. The topological polar surface area (TPSA) is 79.2 Å². The van der Waals surface area contributed by atoms with Gasteiger partial charge in [-0.05, 0) is 34.5 Å². The summed E-state index contributed by atoms with van der Waals surface area (Å²) in [6, 6.07) is 12.2. The van der Waals surface area contributed by atoms with E-state index in [0.29, 0.717) is 5.56 Å². The number of amides is 1. The van der Waals surface area contributed by atoms with Crippen molar-refractivity contribution in [2.75, 3.05) is 5.32 Å². The standard InChI is InChI=1S/C20H18F3N3O3/c1-12(2)26-16(17(27)13-8-10-15(11-9-13)20(21,22)23)19(29-25-26)24-18(28)14-6-4-3-5-7-14/h3-12,17,27H,1-2H3/p+1. The summed E-state index contributed by atoms with van der Waals surface area (Å²) in [5.74, 6) is -0.557. The van der Waals surface area contributed by atoms with Crippen LogP contribution in [0, 0.1) is 0 Å². The summed E-state index contributed by atoms with van der Waals surface area (Å²) in [6.07, 6.45) is -5.84. The van der Waals surface area contributed by atoms with Crippen molar-refractivity contribution in [3.8, 4) is 0 Å². The molecule has 0 spiro atoms. The van der Waals surface area contributed by atoms with E-state index in [2.05, 4.69) is 10.6 Å². The molecule has 0 fully saturated rings. The quantitative estimate of drug-likeness (QED) is 0.630. The Morgan fingerprint density at radius 3 is 2.28 bits per heavy atom. The highest BCUT2D eigenvalue weighted by Crippen LogP contribution is 2.32. The van der Waals surface area contributed by atoms with Gasteiger partial charge < -0.3 is 5.11 Å². The monoisotopic (exact) mass is 406 g/mol.